The molecule has 27 heavy (non-hydrogen) atoms. The highest BCUT2D eigenvalue weighted by Crippen LogP contribution is 2.21. The lowest BCUT2D eigenvalue weighted by molar-refractivity contribution is 0.0953. The molecule has 0 spiro atoms. The number of halogens is 3. The normalized spacial score (nSPS) is 10.8. The number of hydrogen-bond acceptors (Lipinski definition) is 4. The van der Waals surface area contributed by atoms with Crippen LogP contribution in [0.25, 0.3) is 0 Å². The molecule has 1 N–H and O–H groups in total. The van der Waals surface area contributed by atoms with E-state index >= 15 is 0 Å². The molecule has 0 atom stereocenters. The number of benzene rings is 1. The van der Waals surface area contributed by atoms with Crippen molar-refractivity contribution < 1.29 is 18.3 Å². The third-order valence-electron chi connectivity index (χ3n) is 3.78. The second-order valence-corrected chi connectivity index (χ2v) is 7.39. The van der Waals surface area contributed by atoms with Gasteiger partial charge in [0.05, 0.1) is 27.8 Å². The fourth-order valence-electron chi connectivity index (χ4n) is 2.41. The van der Waals surface area contributed by atoms with Crippen LogP contribution in [-0.2, 0) is 19.7 Å². The van der Waals surface area contributed by atoms with E-state index in [0.29, 0.717) is 18.0 Å². The van der Waals surface area contributed by atoms with Crippen molar-refractivity contribution in [2.75, 3.05) is 0 Å². The van der Waals surface area contributed by atoms with Crippen LogP contribution in [0.15, 0.2) is 40.3 Å². The third kappa shape index (κ3) is 4.72. The Balaban J connectivity index is 1.58. The number of rotatable bonds is 7. The van der Waals surface area contributed by atoms with Crippen molar-refractivity contribution in [3.63, 3.8) is 0 Å². The summed E-state index contributed by atoms with van der Waals surface area (Å²) < 4.78 is 34.5. The summed E-state index contributed by atoms with van der Waals surface area (Å²) in [4.78, 5) is 12.9. The Morgan fingerprint density at radius 2 is 2.19 bits per heavy atom. The second-order valence-electron chi connectivity index (χ2n) is 5.62. The number of carbonyl (C=O) groups excluding carboxylic acids is 1. The number of nitrogens with zero attached hydrogens (tertiary/aromatic N) is 2. The van der Waals surface area contributed by atoms with E-state index in [1.165, 1.54) is 17.4 Å². The molecule has 0 saturated heterocycles. The number of hydrogen-bond donors (Lipinski definition) is 1. The standard InChI is InChI=1S/C18H16BrF2N3O2S/c1-2-24-15(13(19)7-23-24)8-22-18(25)17-5-11(10-27-17)9-26-16-4-3-12(20)6-14(16)21/h3-7,10H,2,8-9H2,1H3,(H,22,25). The highest BCUT2D eigenvalue weighted by molar-refractivity contribution is 9.10. The van der Waals surface area contributed by atoms with Crippen molar-refractivity contribution in [3.05, 3.63) is 68.1 Å². The minimum Gasteiger partial charge on any atom is -0.486 e. The highest BCUT2D eigenvalue weighted by Gasteiger charge is 2.13. The van der Waals surface area contributed by atoms with E-state index in [0.717, 1.165) is 27.9 Å². The first-order valence-corrected chi connectivity index (χ1v) is 9.78. The fraction of sp³-hybridized carbons (Fsp3) is 0.222. The van der Waals surface area contributed by atoms with Crippen molar-refractivity contribution in [2.24, 2.45) is 0 Å². The van der Waals surface area contributed by atoms with Gasteiger partial charge in [-0.25, -0.2) is 8.78 Å². The van der Waals surface area contributed by atoms with E-state index in [-0.39, 0.29) is 18.3 Å². The summed E-state index contributed by atoms with van der Waals surface area (Å²) in [6.45, 7) is 3.11. The van der Waals surface area contributed by atoms with E-state index < -0.39 is 11.6 Å². The fourth-order valence-corrected chi connectivity index (χ4v) is 3.66. The summed E-state index contributed by atoms with van der Waals surface area (Å²) in [5, 5.41) is 8.83. The minimum absolute atomic E-state index is 0.0359. The molecule has 0 saturated carbocycles. The van der Waals surface area contributed by atoms with Crippen LogP contribution in [0.4, 0.5) is 8.78 Å². The Kier molecular flexibility index (Phi) is 6.22. The molecule has 9 heteroatoms. The molecule has 0 fully saturated rings. The predicted octanol–water partition coefficient (Wildman–Crippen LogP) is 4.51. The molecule has 1 aromatic carbocycles. The first kappa shape index (κ1) is 19.5. The molecule has 0 unspecified atom stereocenters. The average Bonchev–Trinajstić information content (AvgIpc) is 3.25. The maximum absolute atomic E-state index is 13.6. The molecule has 0 aliphatic carbocycles. The number of amides is 1. The van der Waals surface area contributed by atoms with Crippen LogP contribution in [0.2, 0.25) is 0 Å². The molecule has 0 aliphatic heterocycles. The van der Waals surface area contributed by atoms with Gasteiger partial charge in [0.25, 0.3) is 5.91 Å². The lowest BCUT2D eigenvalue weighted by atomic mass is 10.3. The van der Waals surface area contributed by atoms with E-state index in [9.17, 15) is 13.6 Å². The van der Waals surface area contributed by atoms with E-state index in [1.54, 1.807) is 22.3 Å². The maximum atomic E-state index is 13.6. The minimum atomic E-state index is -0.763. The monoisotopic (exact) mass is 455 g/mol. The van der Waals surface area contributed by atoms with Crippen LogP contribution in [0.1, 0.15) is 27.9 Å². The van der Waals surface area contributed by atoms with Gasteiger partial charge >= 0.3 is 0 Å². The van der Waals surface area contributed by atoms with Gasteiger partial charge in [-0.2, -0.15) is 5.10 Å². The average molecular weight is 456 g/mol. The van der Waals surface area contributed by atoms with Gasteiger partial charge in [0.2, 0.25) is 0 Å². The van der Waals surface area contributed by atoms with E-state index in [4.69, 9.17) is 4.74 Å². The number of nitrogens with one attached hydrogen (secondary N) is 1. The summed E-state index contributed by atoms with van der Waals surface area (Å²) in [7, 11) is 0. The van der Waals surface area contributed by atoms with Crippen molar-refractivity contribution >= 4 is 33.2 Å². The summed E-state index contributed by atoms with van der Waals surface area (Å²) in [6.07, 6.45) is 1.69. The maximum Gasteiger partial charge on any atom is 0.261 e. The van der Waals surface area contributed by atoms with Gasteiger partial charge in [-0.15, -0.1) is 11.3 Å². The number of ether oxygens (including phenoxy) is 1. The molecule has 3 rings (SSSR count). The second kappa shape index (κ2) is 8.62. The Labute approximate surface area is 167 Å². The molecule has 0 radical (unpaired) electrons. The van der Waals surface area contributed by atoms with E-state index in [2.05, 4.69) is 26.3 Å². The van der Waals surface area contributed by atoms with Crippen LogP contribution < -0.4 is 10.1 Å². The Bertz CT molecular complexity index is 958. The molecule has 0 bridgehead atoms. The Morgan fingerprint density at radius 1 is 1.37 bits per heavy atom. The quantitative estimate of drug-likeness (QED) is 0.569. The number of carbonyl (C=O) groups is 1. The zero-order valence-electron chi connectivity index (χ0n) is 14.3. The molecule has 5 nitrogen and oxygen atoms in total. The van der Waals surface area contributed by atoms with Gasteiger partial charge in [0.15, 0.2) is 11.6 Å². The number of thiophene rings is 1. The van der Waals surface area contributed by atoms with Gasteiger partial charge in [-0.05, 0) is 46.4 Å². The molecule has 2 aromatic heterocycles. The first-order chi connectivity index (χ1) is 13.0. The van der Waals surface area contributed by atoms with Gasteiger partial charge in [0.1, 0.15) is 12.4 Å². The van der Waals surface area contributed by atoms with Crippen molar-refractivity contribution in [3.8, 4) is 5.75 Å². The topological polar surface area (TPSA) is 56.2 Å². The largest absolute Gasteiger partial charge is 0.486 e. The van der Waals surface area contributed by atoms with Crippen LogP contribution in [0.5, 0.6) is 5.75 Å². The zero-order chi connectivity index (χ0) is 19.4. The SMILES string of the molecule is CCn1ncc(Br)c1CNC(=O)c1cc(COc2ccc(F)cc2F)cs1. The van der Waals surface area contributed by atoms with Gasteiger partial charge in [0, 0.05) is 18.2 Å². The zero-order valence-corrected chi connectivity index (χ0v) is 16.7. The summed E-state index contributed by atoms with van der Waals surface area (Å²) >= 11 is 4.69. The lowest BCUT2D eigenvalue weighted by Gasteiger charge is -2.07. The van der Waals surface area contributed by atoms with Crippen molar-refractivity contribution in [2.45, 2.75) is 26.6 Å². The van der Waals surface area contributed by atoms with Crippen molar-refractivity contribution in [1.29, 1.82) is 0 Å². The Morgan fingerprint density at radius 3 is 2.93 bits per heavy atom. The number of aryl methyl sites for hydroxylation is 1. The number of aromatic nitrogens is 2. The molecular formula is C18H16BrF2N3O2S. The summed E-state index contributed by atoms with van der Waals surface area (Å²) in [6, 6.07) is 4.82. The predicted molar refractivity (Wildman–Crippen MR) is 102 cm³/mol. The smallest absolute Gasteiger partial charge is 0.261 e. The lowest BCUT2D eigenvalue weighted by Crippen LogP contribution is -2.23. The first-order valence-electron chi connectivity index (χ1n) is 8.11. The van der Waals surface area contributed by atoms with Gasteiger partial charge < -0.3 is 10.1 Å². The molecule has 3 aromatic rings. The van der Waals surface area contributed by atoms with Crippen LogP contribution >= 0.6 is 27.3 Å². The van der Waals surface area contributed by atoms with Gasteiger partial charge in [-0.1, -0.05) is 0 Å². The molecule has 142 valence electrons. The summed E-state index contributed by atoms with van der Waals surface area (Å²) in [5.41, 5.74) is 1.62. The summed E-state index contributed by atoms with van der Waals surface area (Å²) in [5.74, 6) is -1.67. The molecule has 0 aliphatic rings. The van der Waals surface area contributed by atoms with Gasteiger partial charge in [-0.3, -0.25) is 9.48 Å². The molecule has 2 heterocycles. The van der Waals surface area contributed by atoms with E-state index in [1.807, 2.05) is 6.92 Å². The highest BCUT2D eigenvalue weighted by atomic mass is 79.9. The third-order valence-corrected chi connectivity index (χ3v) is 5.42. The molecular weight excluding hydrogens is 440 g/mol. The molecule has 1 amide bonds. The van der Waals surface area contributed by atoms with Crippen molar-refractivity contribution in [1.82, 2.24) is 15.1 Å². The Hall–Kier alpha value is -2.26. The van der Waals surface area contributed by atoms with Crippen LogP contribution in [0.3, 0.4) is 0 Å². The van der Waals surface area contributed by atoms with Crippen LogP contribution in [0, 0.1) is 11.6 Å². The van der Waals surface area contributed by atoms with Crippen LogP contribution in [-0.4, -0.2) is 15.7 Å².